The highest BCUT2D eigenvalue weighted by Gasteiger charge is 2.18. The van der Waals surface area contributed by atoms with Crippen LogP contribution in [0.5, 0.6) is 0 Å². The first-order chi connectivity index (χ1) is 12.1. The number of hydrogen-bond acceptors (Lipinski definition) is 4. The molecule has 0 aliphatic heterocycles. The SMILES string of the molecule is Cc1ccsc1C(CNC(=O)c1ccc(-c2ccn[nH]2)cc1)N(C)C. The molecule has 0 saturated carbocycles. The first-order valence-electron chi connectivity index (χ1n) is 8.14. The third kappa shape index (κ3) is 3.97. The van der Waals surface area contributed by atoms with E-state index in [2.05, 4.69) is 38.8 Å². The van der Waals surface area contributed by atoms with Crippen LogP contribution in [0.15, 0.2) is 48.0 Å². The number of carbonyl (C=O) groups is 1. The van der Waals surface area contributed by atoms with E-state index in [1.54, 1.807) is 17.5 Å². The Bertz CT molecular complexity index is 821. The molecule has 2 heterocycles. The Balaban J connectivity index is 1.66. The lowest BCUT2D eigenvalue weighted by Gasteiger charge is -2.24. The van der Waals surface area contributed by atoms with Crippen LogP contribution in [-0.4, -0.2) is 41.6 Å². The molecule has 3 rings (SSSR count). The average Bonchev–Trinajstić information content (AvgIpc) is 3.27. The predicted octanol–water partition coefficient (Wildman–Crippen LogP) is 3.48. The van der Waals surface area contributed by atoms with Gasteiger partial charge in [0, 0.05) is 23.2 Å². The van der Waals surface area contributed by atoms with Gasteiger partial charge in [0.25, 0.3) is 5.91 Å². The third-order valence-corrected chi connectivity index (χ3v) is 5.36. The molecule has 0 saturated heterocycles. The summed E-state index contributed by atoms with van der Waals surface area (Å²) in [6.07, 6.45) is 1.71. The van der Waals surface area contributed by atoms with E-state index in [0.717, 1.165) is 11.3 Å². The van der Waals surface area contributed by atoms with Gasteiger partial charge in [-0.15, -0.1) is 11.3 Å². The Labute approximate surface area is 151 Å². The molecule has 0 aliphatic carbocycles. The van der Waals surface area contributed by atoms with Crippen LogP contribution >= 0.6 is 11.3 Å². The van der Waals surface area contributed by atoms with Gasteiger partial charge in [0.2, 0.25) is 0 Å². The van der Waals surface area contributed by atoms with E-state index in [1.165, 1.54) is 10.4 Å². The zero-order valence-electron chi connectivity index (χ0n) is 14.6. The molecular weight excluding hydrogens is 332 g/mol. The van der Waals surface area contributed by atoms with Gasteiger partial charge >= 0.3 is 0 Å². The summed E-state index contributed by atoms with van der Waals surface area (Å²) < 4.78 is 0. The molecule has 1 unspecified atom stereocenters. The van der Waals surface area contributed by atoms with Gasteiger partial charge in [-0.2, -0.15) is 5.10 Å². The van der Waals surface area contributed by atoms with E-state index in [-0.39, 0.29) is 11.9 Å². The fraction of sp³-hybridized carbons (Fsp3) is 0.263. The largest absolute Gasteiger partial charge is 0.350 e. The van der Waals surface area contributed by atoms with Crippen LogP contribution < -0.4 is 5.32 Å². The minimum Gasteiger partial charge on any atom is -0.350 e. The number of aromatic amines is 1. The van der Waals surface area contributed by atoms with Gasteiger partial charge in [-0.1, -0.05) is 12.1 Å². The summed E-state index contributed by atoms with van der Waals surface area (Å²) in [7, 11) is 4.07. The number of amides is 1. The topological polar surface area (TPSA) is 61.0 Å². The lowest BCUT2D eigenvalue weighted by atomic mass is 10.1. The summed E-state index contributed by atoms with van der Waals surface area (Å²) in [5.74, 6) is -0.0581. The predicted molar refractivity (Wildman–Crippen MR) is 102 cm³/mol. The van der Waals surface area contributed by atoms with Crippen molar-refractivity contribution in [3.8, 4) is 11.3 Å². The van der Waals surface area contributed by atoms with Crippen molar-refractivity contribution in [2.24, 2.45) is 0 Å². The fourth-order valence-electron chi connectivity index (χ4n) is 2.74. The van der Waals surface area contributed by atoms with Gasteiger partial charge in [-0.25, -0.2) is 0 Å². The average molecular weight is 354 g/mol. The number of nitrogens with zero attached hydrogens (tertiary/aromatic N) is 2. The van der Waals surface area contributed by atoms with E-state index in [0.29, 0.717) is 12.1 Å². The number of aromatic nitrogens is 2. The molecule has 1 aromatic carbocycles. The molecule has 6 heteroatoms. The molecule has 3 aromatic rings. The third-order valence-electron chi connectivity index (χ3n) is 4.24. The van der Waals surface area contributed by atoms with Crippen molar-refractivity contribution in [3.63, 3.8) is 0 Å². The second kappa shape index (κ2) is 7.63. The highest BCUT2D eigenvalue weighted by molar-refractivity contribution is 7.10. The highest BCUT2D eigenvalue weighted by Crippen LogP contribution is 2.26. The smallest absolute Gasteiger partial charge is 0.251 e. The second-order valence-electron chi connectivity index (χ2n) is 6.20. The summed E-state index contributed by atoms with van der Waals surface area (Å²) in [4.78, 5) is 15.9. The first-order valence-corrected chi connectivity index (χ1v) is 9.02. The van der Waals surface area contributed by atoms with Crippen LogP contribution in [0, 0.1) is 6.92 Å². The van der Waals surface area contributed by atoms with E-state index in [1.807, 2.05) is 44.4 Å². The van der Waals surface area contributed by atoms with E-state index in [9.17, 15) is 4.79 Å². The Morgan fingerprint density at radius 1 is 1.24 bits per heavy atom. The molecule has 0 spiro atoms. The van der Waals surface area contributed by atoms with Crippen molar-refractivity contribution in [2.75, 3.05) is 20.6 Å². The number of thiophene rings is 1. The van der Waals surface area contributed by atoms with Crippen molar-refractivity contribution in [1.29, 1.82) is 0 Å². The summed E-state index contributed by atoms with van der Waals surface area (Å²) in [5.41, 5.74) is 3.87. The Kier molecular flexibility index (Phi) is 5.31. The van der Waals surface area contributed by atoms with Gasteiger partial charge in [0.1, 0.15) is 0 Å². The van der Waals surface area contributed by atoms with Crippen LogP contribution in [0.1, 0.15) is 26.8 Å². The number of nitrogens with one attached hydrogen (secondary N) is 2. The Morgan fingerprint density at radius 3 is 2.56 bits per heavy atom. The van der Waals surface area contributed by atoms with E-state index >= 15 is 0 Å². The van der Waals surface area contributed by atoms with Gasteiger partial charge < -0.3 is 10.2 Å². The number of benzene rings is 1. The summed E-state index contributed by atoms with van der Waals surface area (Å²) in [5, 5.41) is 12.0. The monoisotopic (exact) mass is 354 g/mol. The zero-order chi connectivity index (χ0) is 17.8. The molecule has 0 bridgehead atoms. The number of hydrogen-bond donors (Lipinski definition) is 2. The van der Waals surface area contributed by atoms with Crippen molar-refractivity contribution in [2.45, 2.75) is 13.0 Å². The molecule has 130 valence electrons. The van der Waals surface area contributed by atoms with E-state index < -0.39 is 0 Å². The van der Waals surface area contributed by atoms with Crippen LogP contribution in [0.3, 0.4) is 0 Å². The standard InChI is InChI=1S/C19H22N4OS/c1-13-9-11-25-18(13)17(23(2)3)12-20-19(24)15-6-4-14(5-7-15)16-8-10-21-22-16/h4-11,17H,12H2,1-3H3,(H,20,24)(H,21,22). The van der Waals surface area contributed by atoms with E-state index in [4.69, 9.17) is 0 Å². The maximum absolute atomic E-state index is 12.5. The lowest BCUT2D eigenvalue weighted by Crippen LogP contribution is -2.34. The quantitative estimate of drug-likeness (QED) is 0.712. The Morgan fingerprint density at radius 2 is 2.00 bits per heavy atom. The van der Waals surface area contributed by atoms with Crippen molar-refractivity contribution in [3.05, 3.63) is 64.0 Å². The minimum atomic E-state index is -0.0581. The van der Waals surface area contributed by atoms with Gasteiger partial charge in [0.15, 0.2) is 0 Å². The van der Waals surface area contributed by atoms with Crippen molar-refractivity contribution < 1.29 is 4.79 Å². The molecule has 0 fully saturated rings. The minimum absolute atomic E-state index is 0.0581. The summed E-state index contributed by atoms with van der Waals surface area (Å²) in [6, 6.07) is 11.7. The Hall–Kier alpha value is -2.44. The second-order valence-corrected chi connectivity index (χ2v) is 7.15. The number of H-pyrrole nitrogens is 1. The summed E-state index contributed by atoms with van der Waals surface area (Å²) >= 11 is 1.73. The maximum atomic E-state index is 12.5. The molecular formula is C19H22N4OS. The molecule has 1 amide bonds. The molecule has 2 N–H and O–H groups in total. The molecule has 5 nitrogen and oxygen atoms in total. The number of carbonyl (C=O) groups excluding carboxylic acids is 1. The van der Waals surface area contributed by atoms with Gasteiger partial charge in [-0.3, -0.25) is 9.89 Å². The molecule has 2 aromatic heterocycles. The number of aryl methyl sites for hydroxylation is 1. The molecule has 0 aliphatic rings. The van der Waals surface area contributed by atoms with Crippen LogP contribution in [0.2, 0.25) is 0 Å². The van der Waals surface area contributed by atoms with Crippen LogP contribution in [0.4, 0.5) is 0 Å². The number of rotatable bonds is 6. The van der Waals surface area contributed by atoms with Crippen LogP contribution in [0.25, 0.3) is 11.3 Å². The van der Waals surface area contributed by atoms with Gasteiger partial charge in [0.05, 0.1) is 11.7 Å². The molecule has 1 atom stereocenters. The molecule has 25 heavy (non-hydrogen) atoms. The van der Waals surface area contributed by atoms with Crippen molar-refractivity contribution >= 4 is 17.2 Å². The maximum Gasteiger partial charge on any atom is 0.251 e. The fourth-order valence-corrected chi connectivity index (χ4v) is 3.87. The molecule has 0 radical (unpaired) electrons. The summed E-state index contributed by atoms with van der Waals surface area (Å²) in [6.45, 7) is 2.69. The lowest BCUT2D eigenvalue weighted by molar-refractivity contribution is 0.0942. The van der Waals surface area contributed by atoms with Crippen molar-refractivity contribution in [1.82, 2.24) is 20.4 Å². The number of likely N-dealkylation sites (N-methyl/N-ethyl adjacent to an activating group) is 1. The highest BCUT2D eigenvalue weighted by atomic mass is 32.1. The zero-order valence-corrected chi connectivity index (χ0v) is 15.4. The first kappa shape index (κ1) is 17.4. The van der Waals surface area contributed by atoms with Crippen LogP contribution in [-0.2, 0) is 0 Å². The van der Waals surface area contributed by atoms with Gasteiger partial charge in [-0.05, 0) is 61.8 Å². The normalized spacial score (nSPS) is 12.3.